The Hall–Kier alpha value is -7.42. The van der Waals surface area contributed by atoms with Crippen LogP contribution >= 0.6 is 0 Å². The molecule has 278 valence electrons. The predicted molar refractivity (Wildman–Crippen MR) is 243 cm³/mol. The Balaban J connectivity index is 1.11. The molecule has 1 aromatic heterocycles. The summed E-state index contributed by atoms with van der Waals surface area (Å²) >= 11 is 0. The summed E-state index contributed by atoms with van der Waals surface area (Å²) in [5.41, 5.74) is 18.1. The maximum atomic E-state index is 7.11. The monoisotopic (exact) mass is 753 g/mol. The second-order valence-electron chi connectivity index (χ2n) is 16.1. The van der Waals surface area contributed by atoms with Gasteiger partial charge in [0.2, 0.25) is 0 Å². The molecule has 12 rings (SSSR count). The van der Waals surface area contributed by atoms with Crippen LogP contribution in [0.4, 0.5) is 17.1 Å². The number of hydrogen-bond acceptors (Lipinski definition) is 2. The van der Waals surface area contributed by atoms with E-state index < -0.39 is 5.41 Å². The summed E-state index contributed by atoms with van der Waals surface area (Å²) in [5, 5.41) is 2.26. The lowest BCUT2D eigenvalue weighted by atomic mass is 9.67. The quantitative estimate of drug-likeness (QED) is 0.168. The molecule has 0 aliphatic heterocycles. The molecule has 0 saturated heterocycles. The third-order valence-electron chi connectivity index (χ3n) is 13.2. The molecule has 2 heteroatoms. The Morgan fingerprint density at radius 2 is 0.898 bits per heavy atom. The lowest BCUT2D eigenvalue weighted by molar-refractivity contribution is 0.666. The van der Waals surface area contributed by atoms with E-state index in [-0.39, 0.29) is 5.41 Å². The number of hydrogen-bond donors (Lipinski definition) is 0. The molecule has 1 heterocycles. The summed E-state index contributed by atoms with van der Waals surface area (Å²) in [6.45, 7) is 2.39. The summed E-state index contributed by atoms with van der Waals surface area (Å²) in [6, 6.07) is 79.8. The molecule has 59 heavy (non-hydrogen) atoms. The number of furan rings is 1. The van der Waals surface area contributed by atoms with Gasteiger partial charge in [-0.1, -0.05) is 182 Å². The topological polar surface area (TPSA) is 16.4 Å². The molecule has 0 amide bonds. The van der Waals surface area contributed by atoms with Gasteiger partial charge in [0.25, 0.3) is 0 Å². The van der Waals surface area contributed by atoms with Gasteiger partial charge < -0.3 is 9.32 Å². The van der Waals surface area contributed by atoms with Gasteiger partial charge in [-0.2, -0.15) is 0 Å². The van der Waals surface area contributed by atoms with Crippen molar-refractivity contribution in [3.05, 3.63) is 257 Å². The largest absolute Gasteiger partial charge is 0.454 e. The Kier molecular flexibility index (Phi) is 7.31. The highest BCUT2D eigenvalue weighted by Crippen LogP contribution is 2.58. The molecule has 0 saturated carbocycles. The van der Waals surface area contributed by atoms with Crippen molar-refractivity contribution in [2.45, 2.75) is 17.8 Å². The van der Waals surface area contributed by atoms with Crippen LogP contribution in [0.2, 0.25) is 0 Å². The summed E-state index contributed by atoms with van der Waals surface area (Å²) in [5.74, 6) is 0. The lowest BCUT2D eigenvalue weighted by Crippen LogP contribution is -2.28. The van der Waals surface area contributed by atoms with Gasteiger partial charge in [0, 0.05) is 27.6 Å². The molecule has 0 unspecified atom stereocenters. The highest BCUT2D eigenvalue weighted by atomic mass is 16.3. The first-order valence-corrected chi connectivity index (χ1v) is 20.5. The van der Waals surface area contributed by atoms with E-state index in [2.05, 4.69) is 230 Å². The van der Waals surface area contributed by atoms with Crippen molar-refractivity contribution in [3.63, 3.8) is 0 Å². The number of fused-ring (bicyclic) bond motifs is 9. The smallest absolute Gasteiger partial charge is 0.159 e. The van der Waals surface area contributed by atoms with Gasteiger partial charge in [-0.15, -0.1) is 0 Å². The molecule has 0 spiro atoms. The van der Waals surface area contributed by atoms with Gasteiger partial charge in [-0.05, 0) is 105 Å². The van der Waals surface area contributed by atoms with E-state index in [4.69, 9.17) is 4.42 Å². The molecule has 9 aromatic carbocycles. The van der Waals surface area contributed by atoms with E-state index in [9.17, 15) is 0 Å². The van der Waals surface area contributed by atoms with Crippen LogP contribution in [0.15, 0.2) is 223 Å². The number of anilines is 3. The molecule has 0 radical (unpaired) electrons. The molecule has 2 aliphatic rings. The average Bonchev–Trinajstić information content (AvgIpc) is 3.93. The number of benzene rings is 9. The van der Waals surface area contributed by atoms with E-state index in [1.54, 1.807) is 0 Å². The highest BCUT2D eigenvalue weighted by Gasteiger charge is 2.46. The maximum Gasteiger partial charge on any atom is 0.159 e. The zero-order valence-corrected chi connectivity index (χ0v) is 32.6. The molecular formula is C57H39NO. The first-order valence-electron chi connectivity index (χ1n) is 20.5. The molecule has 10 aromatic rings. The fraction of sp³-hybridized carbons (Fsp3) is 0.0526. The SMILES string of the molecule is CC1(c2cccc3oc4c(N(c5ccccc5)c5ccc6c(c5)C(c5ccccc5)(c5ccccc5)c5ccccc5-6)cccc4c23)c2ccccc2-c2ccccc21. The molecule has 0 atom stereocenters. The molecule has 0 bridgehead atoms. The van der Waals surface area contributed by atoms with Gasteiger partial charge in [0.15, 0.2) is 5.58 Å². The summed E-state index contributed by atoms with van der Waals surface area (Å²) in [6.07, 6.45) is 0. The minimum atomic E-state index is -0.517. The first-order chi connectivity index (χ1) is 29.2. The minimum Gasteiger partial charge on any atom is -0.454 e. The number of nitrogens with zero attached hydrogens (tertiary/aromatic N) is 1. The third-order valence-corrected chi connectivity index (χ3v) is 13.2. The van der Waals surface area contributed by atoms with Crippen molar-refractivity contribution in [1.82, 2.24) is 0 Å². The second kappa shape index (κ2) is 12.8. The van der Waals surface area contributed by atoms with Crippen molar-refractivity contribution in [3.8, 4) is 22.3 Å². The van der Waals surface area contributed by atoms with Gasteiger partial charge in [0.1, 0.15) is 5.58 Å². The van der Waals surface area contributed by atoms with Crippen LogP contribution in [0.1, 0.15) is 45.9 Å². The van der Waals surface area contributed by atoms with Crippen LogP contribution in [0, 0.1) is 0 Å². The fourth-order valence-corrected chi connectivity index (χ4v) is 10.7. The summed E-state index contributed by atoms with van der Waals surface area (Å²) in [7, 11) is 0. The van der Waals surface area contributed by atoms with E-state index in [0.717, 1.165) is 39.0 Å². The fourth-order valence-electron chi connectivity index (χ4n) is 10.7. The maximum absolute atomic E-state index is 7.11. The van der Waals surface area contributed by atoms with Crippen LogP contribution in [0.25, 0.3) is 44.2 Å². The summed E-state index contributed by atoms with van der Waals surface area (Å²) in [4.78, 5) is 2.39. The van der Waals surface area contributed by atoms with Gasteiger partial charge in [-0.3, -0.25) is 0 Å². The van der Waals surface area contributed by atoms with Crippen molar-refractivity contribution < 1.29 is 4.42 Å². The van der Waals surface area contributed by atoms with E-state index in [1.807, 2.05) is 0 Å². The Morgan fingerprint density at radius 1 is 0.390 bits per heavy atom. The average molecular weight is 754 g/mol. The zero-order valence-electron chi connectivity index (χ0n) is 32.6. The second-order valence-corrected chi connectivity index (χ2v) is 16.1. The van der Waals surface area contributed by atoms with Crippen LogP contribution in [-0.2, 0) is 10.8 Å². The van der Waals surface area contributed by atoms with Gasteiger partial charge >= 0.3 is 0 Å². The third kappa shape index (κ3) is 4.63. The standard InChI is InChI=1S/C57H39NO/c1-56(47-29-14-11-25-42(47)43-26-12-15-30-48(43)56)50-32-18-34-53-54(50)46-28-17-33-52(55(46)59-53)58(40-23-9-4-10-24-40)41-35-36-45-44-27-13-16-31-49(44)57(51(45)37-41,38-19-5-2-6-20-38)39-21-7-3-8-22-39/h2-37H,1H3. The zero-order chi connectivity index (χ0) is 39.1. The van der Waals surface area contributed by atoms with Crippen molar-refractivity contribution >= 4 is 39.0 Å². The molecular weight excluding hydrogens is 715 g/mol. The normalized spacial score (nSPS) is 14.1. The van der Waals surface area contributed by atoms with Crippen LogP contribution in [0.3, 0.4) is 0 Å². The summed E-state index contributed by atoms with van der Waals surface area (Å²) < 4.78 is 7.11. The van der Waals surface area contributed by atoms with Gasteiger partial charge in [-0.25, -0.2) is 0 Å². The molecule has 2 nitrogen and oxygen atoms in total. The van der Waals surface area contributed by atoms with Crippen LogP contribution < -0.4 is 4.90 Å². The Bertz CT molecular complexity index is 3150. The molecule has 2 aliphatic carbocycles. The Morgan fingerprint density at radius 3 is 1.54 bits per heavy atom. The van der Waals surface area contributed by atoms with E-state index in [1.165, 1.54) is 61.2 Å². The molecule has 0 N–H and O–H groups in total. The van der Waals surface area contributed by atoms with Crippen LogP contribution in [0.5, 0.6) is 0 Å². The minimum absolute atomic E-state index is 0.369. The predicted octanol–water partition coefficient (Wildman–Crippen LogP) is 14.8. The van der Waals surface area contributed by atoms with Crippen molar-refractivity contribution in [2.75, 3.05) is 4.90 Å². The van der Waals surface area contributed by atoms with E-state index in [0.29, 0.717) is 0 Å². The van der Waals surface area contributed by atoms with Crippen molar-refractivity contribution in [2.24, 2.45) is 0 Å². The number of rotatable bonds is 6. The van der Waals surface area contributed by atoms with E-state index >= 15 is 0 Å². The Labute approximate surface area is 344 Å². The highest BCUT2D eigenvalue weighted by molar-refractivity contribution is 6.13. The van der Waals surface area contributed by atoms with Crippen molar-refractivity contribution in [1.29, 1.82) is 0 Å². The van der Waals surface area contributed by atoms with Crippen LogP contribution in [-0.4, -0.2) is 0 Å². The number of para-hydroxylation sites is 2. The van der Waals surface area contributed by atoms with Gasteiger partial charge in [0.05, 0.1) is 11.1 Å². The molecule has 0 fully saturated rings. The first kappa shape index (κ1) is 33.7. The lowest BCUT2D eigenvalue weighted by Gasteiger charge is -2.35.